The molecule has 7 nitrogen and oxygen atoms in total. The molecule has 1 fully saturated rings. The van der Waals surface area contributed by atoms with Gasteiger partial charge in [-0.1, -0.05) is 12.1 Å². The van der Waals surface area contributed by atoms with E-state index in [1.807, 2.05) is 60.3 Å². The smallest absolute Gasteiger partial charge is 0.251 e. The van der Waals surface area contributed by atoms with Crippen LogP contribution < -0.4 is 11.1 Å². The summed E-state index contributed by atoms with van der Waals surface area (Å²) in [5.41, 5.74) is 11.9. The van der Waals surface area contributed by atoms with Gasteiger partial charge in [0.1, 0.15) is 5.82 Å². The Morgan fingerprint density at radius 1 is 1.00 bits per heavy atom. The highest BCUT2D eigenvalue weighted by Gasteiger charge is 2.24. The molecule has 0 spiro atoms. The molecular weight excluding hydrogens is 412 g/mol. The number of hydrogen-bond donors (Lipinski definition) is 2. The molecule has 3 aromatic heterocycles. The van der Waals surface area contributed by atoms with Crippen LogP contribution in [0.25, 0.3) is 38.6 Å². The first-order valence-electron chi connectivity index (χ1n) is 11.0. The Hall–Kier alpha value is -4.26. The number of nitrogens with two attached hydrogens (primary N) is 1. The summed E-state index contributed by atoms with van der Waals surface area (Å²) in [6.45, 7) is 1.98. The molecule has 3 heterocycles. The zero-order valence-electron chi connectivity index (χ0n) is 18.1. The van der Waals surface area contributed by atoms with Crippen molar-refractivity contribution in [3.8, 4) is 16.8 Å². The fourth-order valence-corrected chi connectivity index (χ4v) is 4.14. The number of nitrogens with one attached hydrogen (secondary N) is 1. The maximum atomic E-state index is 12.6. The topological polar surface area (TPSA) is 98.7 Å². The van der Waals surface area contributed by atoms with Crippen molar-refractivity contribution in [3.63, 3.8) is 0 Å². The van der Waals surface area contributed by atoms with Crippen LogP contribution in [0.15, 0.2) is 67.0 Å². The lowest BCUT2D eigenvalue weighted by Gasteiger charge is -2.10. The molecule has 0 saturated heterocycles. The second kappa shape index (κ2) is 7.41. The van der Waals surface area contributed by atoms with Crippen LogP contribution in [0.1, 0.15) is 28.9 Å². The SMILES string of the molecule is Cc1nn(-c2cccc(C(=O)NC3CC3)c2)c2c1cnc1ccc(-c3ccc(N)nc3)cc12. The summed E-state index contributed by atoms with van der Waals surface area (Å²) >= 11 is 0. The van der Waals surface area contributed by atoms with E-state index in [4.69, 9.17) is 10.8 Å². The summed E-state index contributed by atoms with van der Waals surface area (Å²) in [5, 5.41) is 9.83. The molecule has 1 aliphatic rings. The highest BCUT2D eigenvalue weighted by atomic mass is 16.1. The van der Waals surface area contributed by atoms with Gasteiger partial charge >= 0.3 is 0 Å². The molecule has 0 aliphatic heterocycles. The summed E-state index contributed by atoms with van der Waals surface area (Å²) in [6, 6.07) is 17.8. The fraction of sp³-hybridized carbons (Fsp3) is 0.154. The second-order valence-corrected chi connectivity index (χ2v) is 8.52. The minimum absolute atomic E-state index is 0.0443. The van der Waals surface area contributed by atoms with Gasteiger partial charge in [-0.2, -0.15) is 5.10 Å². The van der Waals surface area contributed by atoms with Gasteiger partial charge in [0, 0.05) is 40.3 Å². The Kier molecular flexibility index (Phi) is 4.36. The number of aromatic nitrogens is 4. The Morgan fingerprint density at radius 2 is 1.85 bits per heavy atom. The maximum Gasteiger partial charge on any atom is 0.251 e. The largest absolute Gasteiger partial charge is 0.384 e. The second-order valence-electron chi connectivity index (χ2n) is 8.52. The van der Waals surface area contributed by atoms with Crippen molar-refractivity contribution >= 4 is 33.5 Å². The van der Waals surface area contributed by atoms with Crippen LogP contribution in [-0.2, 0) is 0 Å². The van der Waals surface area contributed by atoms with E-state index in [2.05, 4.69) is 21.4 Å². The summed E-state index contributed by atoms with van der Waals surface area (Å²) in [5.74, 6) is 0.445. The molecule has 0 radical (unpaired) electrons. The first-order chi connectivity index (χ1) is 16.1. The number of aryl methyl sites for hydroxylation is 1. The molecule has 1 amide bonds. The van der Waals surface area contributed by atoms with Gasteiger partial charge in [0.15, 0.2) is 0 Å². The van der Waals surface area contributed by atoms with Gasteiger partial charge in [-0.05, 0) is 67.8 Å². The zero-order chi connectivity index (χ0) is 22.5. The lowest BCUT2D eigenvalue weighted by Crippen LogP contribution is -2.25. The normalized spacial score (nSPS) is 13.5. The quantitative estimate of drug-likeness (QED) is 0.436. The third kappa shape index (κ3) is 3.47. The van der Waals surface area contributed by atoms with Gasteiger partial charge in [0.2, 0.25) is 0 Å². The Balaban J connectivity index is 1.53. The lowest BCUT2D eigenvalue weighted by atomic mass is 10.0. The van der Waals surface area contributed by atoms with Gasteiger partial charge in [-0.25, -0.2) is 9.67 Å². The number of carbonyl (C=O) groups is 1. The number of pyridine rings is 2. The van der Waals surface area contributed by atoms with Gasteiger partial charge in [0.25, 0.3) is 5.91 Å². The fourth-order valence-electron chi connectivity index (χ4n) is 4.14. The minimum atomic E-state index is -0.0443. The average Bonchev–Trinajstić information content (AvgIpc) is 3.59. The molecule has 5 aromatic rings. The summed E-state index contributed by atoms with van der Waals surface area (Å²) < 4.78 is 1.91. The summed E-state index contributed by atoms with van der Waals surface area (Å²) in [7, 11) is 0. The van der Waals surface area contributed by atoms with Crippen molar-refractivity contribution < 1.29 is 4.79 Å². The first-order valence-corrected chi connectivity index (χ1v) is 11.0. The van der Waals surface area contributed by atoms with Crippen LogP contribution in [0, 0.1) is 6.92 Å². The minimum Gasteiger partial charge on any atom is -0.384 e. The van der Waals surface area contributed by atoms with Gasteiger partial charge in [0.05, 0.1) is 22.4 Å². The van der Waals surface area contributed by atoms with Gasteiger partial charge < -0.3 is 11.1 Å². The molecule has 0 bridgehead atoms. The van der Waals surface area contributed by atoms with Crippen molar-refractivity contribution in [3.05, 3.63) is 78.2 Å². The van der Waals surface area contributed by atoms with E-state index < -0.39 is 0 Å². The number of amides is 1. The van der Waals surface area contributed by atoms with Crippen LogP contribution in [0.2, 0.25) is 0 Å². The third-order valence-electron chi connectivity index (χ3n) is 6.08. The molecule has 0 unspecified atom stereocenters. The van der Waals surface area contributed by atoms with E-state index in [-0.39, 0.29) is 5.91 Å². The molecule has 33 heavy (non-hydrogen) atoms. The molecule has 162 valence electrons. The van der Waals surface area contributed by atoms with E-state index in [9.17, 15) is 4.79 Å². The third-order valence-corrected chi connectivity index (χ3v) is 6.08. The number of fused-ring (bicyclic) bond motifs is 3. The van der Waals surface area contributed by atoms with E-state index >= 15 is 0 Å². The van der Waals surface area contributed by atoms with Crippen molar-refractivity contribution in [1.29, 1.82) is 0 Å². The predicted octanol–water partition coefficient (Wildman–Crippen LogP) is 4.42. The molecule has 0 atom stereocenters. The van der Waals surface area contributed by atoms with Crippen LogP contribution in [0.4, 0.5) is 5.82 Å². The highest BCUT2D eigenvalue weighted by molar-refractivity contribution is 6.06. The molecular formula is C26H22N6O. The molecule has 2 aromatic carbocycles. The van der Waals surface area contributed by atoms with Crippen LogP contribution >= 0.6 is 0 Å². The van der Waals surface area contributed by atoms with Crippen LogP contribution in [-0.4, -0.2) is 31.7 Å². The van der Waals surface area contributed by atoms with Crippen molar-refractivity contribution in [2.75, 3.05) is 5.73 Å². The number of rotatable bonds is 4. The van der Waals surface area contributed by atoms with E-state index in [1.165, 1.54) is 0 Å². The monoisotopic (exact) mass is 434 g/mol. The Labute approximate surface area is 190 Å². The van der Waals surface area contributed by atoms with Crippen LogP contribution in [0.5, 0.6) is 0 Å². The summed E-state index contributed by atoms with van der Waals surface area (Å²) in [6.07, 6.45) is 5.75. The number of anilines is 1. The van der Waals surface area contributed by atoms with E-state index in [1.54, 1.807) is 12.3 Å². The Morgan fingerprint density at radius 3 is 2.64 bits per heavy atom. The maximum absolute atomic E-state index is 12.6. The average molecular weight is 435 g/mol. The number of nitrogens with zero attached hydrogens (tertiary/aromatic N) is 4. The molecule has 3 N–H and O–H groups in total. The van der Waals surface area contributed by atoms with Crippen molar-refractivity contribution in [1.82, 2.24) is 25.1 Å². The van der Waals surface area contributed by atoms with Gasteiger partial charge in [-0.3, -0.25) is 9.78 Å². The standard InChI is InChI=1S/C26H22N6O/c1-15-22-14-28-23-9-5-16(18-6-10-24(27)29-13-18)12-21(23)25(22)32(31-15)20-4-2-3-17(11-20)26(33)30-19-7-8-19/h2-6,9-14,19H,7-8H2,1H3,(H2,27,29)(H,30,33). The summed E-state index contributed by atoms with van der Waals surface area (Å²) in [4.78, 5) is 21.5. The lowest BCUT2D eigenvalue weighted by molar-refractivity contribution is 0.0951. The highest BCUT2D eigenvalue weighted by Crippen LogP contribution is 2.32. The predicted molar refractivity (Wildman–Crippen MR) is 129 cm³/mol. The molecule has 7 heteroatoms. The van der Waals surface area contributed by atoms with Crippen LogP contribution in [0.3, 0.4) is 0 Å². The van der Waals surface area contributed by atoms with Gasteiger partial charge in [-0.15, -0.1) is 0 Å². The number of nitrogen functional groups attached to an aromatic ring is 1. The number of carbonyl (C=O) groups excluding carboxylic acids is 1. The first kappa shape index (κ1) is 19.4. The number of hydrogen-bond acceptors (Lipinski definition) is 5. The number of benzene rings is 2. The molecule has 6 rings (SSSR count). The van der Waals surface area contributed by atoms with Crippen molar-refractivity contribution in [2.45, 2.75) is 25.8 Å². The van der Waals surface area contributed by atoms with Crippen molar-refractivity contribution in [2.24, 2.45) is 0 Å². The molecule has 1 aliphatic carbocycles. The van der Waals surface area contributed by atoms with E-state index in [0.717, 1.165) is 57.2 Å². The Bertz CT molecular complexity index is 1530. The molecule has 1 saturated carbocycles. The zero-order valence-corrected chi connectivity index (χ0v) is 18.1. The van der Waals surface area contributed by atoms with E-state index in [0.29, 0.717) is 17.4 Å².